The van der Waals surface area contributed by atoms with Crippen molar-refractivity contribution in [2.24, 2.45) is 5.92 Å². The highest BCUT2D eigenvalue weighted by molar-refractivity contribution is 7.09. The van der Waals surface area contributed by atoms with E-state index in [1.807, 2.05) is 32.0 Å². The molecule has 3 heterocycles. The summed E-state index contributed by atoms with van der Waals surface area (Å²) in [5.41, 5.74) is 2.17. The highest BCUT2D eigenvalue weighted by atomic mass is 32.1. The molecule has 1 amide bonds. The lowest BCUT2D eigenvalue weighted by molar-refractivity contribution is -0.127. The third-order valence-corrected chi connectivity index (χ3v) is 6.26. The summed E-state index contributed by atoms with van der Waals surface area (Å²) in [6.45, 7) is 7.96. The maximum absolute atomic E-state index is 12.7. The molecular weight excluding hydrogens is 374 g/mol. The fraction of sp³-hybridized carbons (Fsp3) is 0.524. The van der Waals surface area contributed by atoms with Gasteiger partial charge in [-0.3, -0.25) is 9.69 Å². The normalized spacial score (nSPS) is 18.6. The second kappa shape index (κ2) is 8.49. The van der Waals surface area contributed by atoms with Gasteiger partial charge in [-0.1, -0.05) is 6.07 Å². The molecule has 28 heavy (non-hydrogen) atoms. The van der Waals surface area contributed by atoms with E-state index >= 15 is 0 Å². The number of hydrogen-bond donors (Lipinski definition) is 1. The monoisotopic (exact) mass is 401 g/mol. The van der Waals surface area contributed by atoms with Crippen LogP contribution in [0.1, 0.15) is 42.1 Å². The van der Waals surface area contributed by atoms with Gasteiger partial charge in [-0.15, -0.1) is 11.3 Å². The van der Waals surface area contributed by atoms with Crippen LogP contribution in [0, 0.1) is 12.8 Å². The van der Waals surface area contributed by atoms with E-state index in [1.165, 1.54) is 0 Å². The predicted molar refractivity (Wildman–Crippen MR) is 109 cm³/mol. The quantitative estimate of drug-likeness (QED) is 0.833. The number of ether oxygens (including phenoxy) is 2. The molecule has 4 rings (SSSR count). The van der Waals surface area contributed by atoms with Gasteiger partial charge in [-0.25, -0.2) is 4.98 Å². The molecule has 1 aromatic carbocycles. The van der Waals surface area contributed by atoms with E-state index in [2.05, 4.69) is 20.6 Å². The zero-order chi connectivity index (χ0) is 19.5. The Balaban J connectivity index is 1.28. The van der Waals surface area contributed by atoms with Crippen LogP contribution in [0.15, 0.2) is 23.6 Å². The lowest BCUT2D eigenvalue weighted by Gasteiger charge is -2.31. The Morgan fingerprint density at radius 2 is 2.04 bits per heavy atom. The van der Waals surface area contributed by atoms with Gasteiger partial charge in [-0.2, -0.15) is 0 Å². The summed E-state index contributed by atoms with van der Waals surface area (Å²) in [5.74, 6) is 1.76. The second-order valence-corrected chi connectivity index (χ2v) is 8.60. The van der Waals surface area contributed by atoms with Gasteiger partial charge in [0.05, 0.1) is 16.7 Å². The first kappa shape index (κ1) is 19.2. The Morgan fingerprint density at radius 1 is 1.29 bits per heavy atom. The van der Waals surface area contributed by atoms with Gasteiger partial charge >= 0.3 is 0 Å². The smallest absolute Gasteiger partial charge is 0.223 e. The molecule has 0 aliphatic carbocycles. The molecule has 1 unspecified atom stereocenters. The minimum absolute atomic E-state index is 0.0562. The molecule has 0 spiro atoms. The lowest BCUT2D eigenvalue weighted by atomic mass is 9.95. The Morgan fingerprint density at radius 3 is 2.75 bits per heavy atom. The van der Waals surface area contributed by atoms with Gasteiger partial charge in [0.15, 0.2) is 11.5 Å². The lowest BCUT2D eigenvalue weighted by Crippen LogP contribution is -2.41. The molecule has 2 aliphatic rings. The SMILES string of the molecule is Cc1nc(CN2CCC(C(=O)NC(C)c3ccc4c(c3)OCCO4)CC2)cs1. The van der Waals surface area contributed by atoms with E-state index in [9.17, 15) is 4.79 Å². The van der Waals surface area contributed by atoms with Crippen molar-refractivity contribution in [3.63, 3.8) is 0 Å². The number of piperidine rings is 1. The zero-order valence-electron chi connectivity index (χ0n) is 16.4. The van der Waals surface area contributed by atoms with Crippen LogP contribution in [0.5, 0.6) is 11.5 Å². The number of nitrogens with one attached hydrogen (secondary N) is 1. The number of likely N-dealkylation sites (tertiary alicyclic amines) is 1. The summed E-state index contributed by atoms with van der Waals surface area (Å²) in [7, 11) is 0. The number of aryl methyl sites for hydroxylation is 1. The Labute approximate surface area is 169 Å². The molecule has 0 bridgehead atoms. The van der Waals surface area contributed by atoms with Crippen LogP contribution in [-0.2, 0) is 11.3 Å². The Hall–Kier alpha value is -2.12. The summed E-state index contributed by atoms with van der Waals surface area (Å²) in [4.78, 5) is 19.7. The molecule has 150 valence electrons. The maximum Gasteiger partial charge on any atom is 0.223 e. The Kier molecular flexibility index (Phi) is 5.82. The van der Waals surface area contributed by atoms with Crippen molar-refractivity contribution in [2.45, 2.75) is 39.3 Å². The second-order valence-electron chi connectivity index (χ2n) is 7.54. The van der Waals surface area contributed by atoms with Crippen LogP contribution in [0.3, 0.4) is 0 Å². The molecular formula is C21H27N3O3S. The third-order valence-electron chi connectivity index (χ3n) is 5.44. The summed E-state index contributed by atoms with van der Waals surface area (Å²) in [5, 5.41) is 6.41. The largest absolute Gasteiger partial charge is 0.486 e. The van der Waals surface area contributed by atoms with Crippen LogP contribution < -0.4 is 14.8 Å². The predicted octanol–water partition coefficient (Wildman–Crippen LogP) is 3.31. The van der Waals surface area contributed by atoms with Crippen molar-refractivity contribution in [2.75, 3.05) is 26.3 Å². The molecule has 1 aromatic heterocycles. The number of nitrogens with zero attached hydrogens (tertiary/aromatic N) is 2. The molecule has 2 aromatic rings. The highest BCUT2D eigenvalue weighted by Gasteiger charge is 2.26. The first-order chi connectivity index (χ1) is 13.6. The van der Waals surface area contributed by atoms with E-state index in [-0.39, 0.29) is 17.9 Å². The summed E-state index contributed by atoms with van der Waals surface area (Å²) in [6.07, 6.45) is 1.78. The third kappa shape index (κ3) is 4.47. The number of thiazole rings is 1. The van der Waals surface area contributed by atoms with Crippen molar-refractivity contribution in [1.29, 1.82) is 0 Å². The average Bonchev–Trinajstić information content (AvgIpc) is 3.12. The van der Waals surface area contributed by atoms with E-state index in [4.69, 9.17) is 9.47 Å². The number of carbonyl (C=O) groups excluding carboxylic acids is 1. The molecule has 1 fully saturated rings. The fourth-order valence-corrected chi connectivity index (χ4v) is 4.41. The summed E-state index contributed by atoms with van der Waals surface area (Å²) >= 11 is 1.69. The molecule has 1 saturated heterocycles. The molecule has 2 aliphatic heterocycles. The number of rotatable bonds is 5. The fourth-order valence-electron chi connectivity index (χ4n) is 3.81. The van der Waals surface area contributed by atoms with Crippen LogP contribution in [0.4, 0.5) is 0 Å². The maximum atomic E-state index is 12.7. The number of hydrogen-bond acceptors (Lipinski definition) is 6. The molecule has 1 atom stereocenters. The van der Waals surface area contributed by atoms with Crippen molar-refractivity contribution >= 4 is 17.2 Å². The van der Waals surface area contributed by atoms with Gasteiger partial charge in [-0.05, 0) is 57.5 Å². The first-order valence-corrected chi connectivity index (χ1v) is 10.8. The first-order valence-electron chi connectivity index (χ1n) is 9.92. The Bertz CT molecular complexity index is 830. The van der Waals surface area contributed by atoms with Crippen molar-refractivity contribution in [1.82, 2.24) is 15.2 Å². The molecule has 6 nitrogen and oxygen atoms in total. The van der Waals surface area contributed by atoms with Crippen LogP contribution >= 0.6 is 11.3 Å². The molecule has 0 saturated carbocycles. The zero-order valence-corrected chi connectivity index (χ0v) is 17.3. The van der Waals surface area contributed by atoms with Gasteiger partial charge in [0.1, 0.15) is 13.2 Å². The van der Waals surface area contributed by atoms with Gasteiger partial charge < -0.3 is 14.8 Å². The van der Waals surface area contributed by atoms with Crippen molar-refractivity contribution in [3.05, 3.63) is 39.8 Å². The molecule has 7 heteroatoms. The van der Waals surface area contributed by atoms with Gasteiger partial charge in [0.2, 0.25) is 5.91 Å². The van der Waals surface area contributed by atoms with Gasteiger partial charge in [0, 0.05) is 17.8 Å². The van der Waals surface area contributed by atoms with E-state index < -0.39 is 0 Å². The average molecular weight is 402 g/mol. The van der Waals surface area contributed by atoms with E-state index in [0.29, 0.717) is 13.2 Å². The molecule has 0 radical (unpaired) electrons. The van der Waals surface area contributed by atoms with Gasteiger partial charge in [0.25, 0.3) is 0 Å². The van der Waals surface area contributed by atoms with Crippen molar-refractivity contribution in [3.8, 4) is 11.5 Å². The number of carbonyl (C=O) groups is 1. The minimum atomic E-state index is -0.0562. The highest BCUT2D eigenvalue weighted by Crippen LogP contribution is 2.32. The van der Waals surface area contributed by atoms with E-state index in [1.54, 1.807) is 11.3 Å². The van der Waals surface area contributed by atoms with E-state index in [0.717, 1.165) is 60.2 Å². The number of aromatic nitrogens is 1. The summed E-state index contributed by atoms with van der Waals surface area (Å²) < 4.78 is 11.2. The molecule has 1 N–H and O–H groups in total. The van der Waals surface area contributed by atoms with Crippen LogP contribution in [-0.4, -0.2) is 42.1 Å². The van der Waals surface area contributed by atoms with Crippen LogP contribution in [0.25, 0.3) is 0 Å². The van der Waals surface area contributed by atoms with Crippen molar-refractivity contribution < 1.29 is 14.3 Å². The minimum Gasteiger partial charge on any atom is -0.486 e. The standard InChI is InChI=1S/C21H27N3O3S/c1-14(17-3-4-19-20(11-17)27-10-9-26-19)22-21(25)16-5-7-24(8-6-16)12-18-13-28-15(2)23-18/h3-4,11,13-14,16H,5-10,12H2,1-2H3,(H,22,25). The number of amides is 1. The van der Waals surface area contributed by atoms with Crippen LogP contribution in [0.2, 0.25) is 0 Å². The number of benzene rings is 1. The topological polar surface area (TPSA) is 63.7 Å². The number of fused-ring (bicyclic) bond motifs is 1. The summed E-state index contributed by atoms with van der Waals surface area (Å²) in [6, 6.07) is 5.83.